The number of para-hydroxylation sites is 2. The standard InChI is InChI=1S/C18H19Cl2N3O/c1-11(2)24-18-12(7-13(19)8-14(18)20)9-21-10-17-22-15-5-3-4-6-16(15)23-17/h3-8,11,21H,9-10H2,1-2H3,(H,22,23). The second kappa shape index (κ2) is 7.43. The van der Waals surface area contributed by atoms with Crippen molar-refractivity contribution < 1.29 is 4.74 Å². The van der Waals surface area contributed by atoms with Gasteiger partial charge in [-0.25, -0.2) is 4.98 Å². The highest BCUT2D eigenvalue weighted by molar-refractivity contribution is 6.35. The third kappa shape index (κ3) is 4.01. The maximum Gasteiger partial charge on any atom is 0.142 e. The average Bonchev–Trinajstić information content (AvgIpc) is 2.93. The van der Waals surface area contributed by atoms with E-state index < -0.39 is 0 Å². The lowest BCUT2D eigenvalue weighted by atomic mass is 10.2. The number of rotatable bonds is 6. The fourth-order valence-corrected chi connectivity index (χ4v) is 3.10. The lowest BCUT2D eigenvalue weighted by molar-refractivity contribution is 0.239. The fraction of sp³-hybridized carbons (Fsp3) is 0.278. The van der Waals surface area contributed by atoms with Crippen LogP contribution in [-0.4, -0.2) is 16.1 Å². The van der Waals surface area contributed by atoms with Crippen LogP contribution in [0.2, 0.25) is 10.0 Å². The Morgan fingerprint density at radius 3 is 2.71 bits per heavy atom. The molecule has 3 aromatic rings. The summed E-state index contributed by atoms with van der Waals surface area (Å²) in [5, 5.41) is 4.47. The number of aromatic nitrogens is 2. The number of hydrogen-bond donors (Lipinski definition) is 2. The Balaban J connectivity index is 1.71. The van der Waals surface area contributed by atoms with E-state index in [1.54, 1.807) is 6.07 Å². The van der Waals surface area contributed by atoms with Gasteiger partial charge in [0.15, 0.2) is 0 Å². The molecule has 0 aliphatic heterocycles. The number of aromatic amines is 1. The number of nitrogens with one attached hydrogen (secondary N) is 2. The Bertz CT molecular complexity index is 812. The Kier molecular flexibility index (Phi) is 5.29. The Labute approximate surface area is 151 Å². The first kappa shape index (κ1) is 17.1. The number of hydrogen-bond acceptors (Lipinski definition) is 3. The minimum absolute atomic E-state index is 0.0396. The van der Waals surface area contributed by atoms with E-state index in [4.69, 9.17) is 27.9 Å². The lowest BCUT2D eigenvalue weighted by Gasteiger charge is -2.16. The molecular weight excluding hydrogens is 345 g/mol. The second-order valence-corrected chi connectivity index (χ2v) is 6.69. The van der Waals surface area contributed by atoms with Crippen LogP contribution in [0.5, 0.6) is 5.75 Å². The highest BCUT2D eigenvalue weighted by Gasteiger charge is 2.12. The number of benzene rings is 2. The van der Waals surface area contributed by atoms with Crippen LogP contribution in [0.15, 0.2) is 36.4 Å². The van der Waals surface area contributed by atoms with Gasteiger partial charge in [0.05, 0.1) is 28.7 Å². The minimum atomic E-state index is 0.0396. The summed E-state index contributed by atoms with van der Waals surface area (Å²) in [6.07, 6.45) is 0.0396. The Morgan fingerprint density at radius 1 is 1.17 bits per heavy atom. The number of nitrogens with zero attached hydrogens (tertiary/aromatic N) is 1. The molecule has 0 saturated carbocycles. The number of halogens is 2. The van der Waals surface area contributed by atoms with Gasteiger partial charge in [-0.15, -0.1) is 0 Å². The molecule has 0 radical (unpaired) electrons. The summed E-state index contributed by atoms with van der Waals surface area (Å²) in [5.41, 5.74) is 2.92. The molecule has 6 heteroatoms. The molecule has 0 aliphatic rings. The molecule has 2 aromatic carbocycles. The summed E-state index contributed by atoms with van der Waals surface area (Å²) in [6.45, 7) is 5.13. The normalized spacial score (nSPS) is 11.4. The van der Waals surface area contributed by atoms with Crippen molar-refractivity contribution in [1.82, 2.24) is 15.3 Å². The molecular formula is C18H19Cl2N3O. The minimum Gasteiger partial charge on any atom is -0.489 e. The van der Waals surface area contributed by atoms with Gasteiger partial charge in [0.2, 0.25) is 0 Å². The van der Waals surface area contributed by atoms with Crippen molar-refractivity contribution in [2.45, 2.75) is 33.0 Å². The Hall–Kier alpha value is -1.75. The molecule has 0 unspecified atom stereocenters. The molecule has 0 aliphatic carbocycles. The van der Waals surface area contributed by atoms with Gasteiger partial charge < -0.3 is 15.0 Å². The first-order valence-electron chi connectivity index (χ1n) is 7.82. The molecule has 3 rings (SSSR count). The van der Waals surface area contributed by atoms with E-state index >= 15 is 0 Å². The number of ether oxygens (including phenoxy) is 1. The molecule has 0 spiro atoms. The van der Waals surface area contributed by atoms with E-state index in [0.29, 0.717) is 28.9 Å². The van der Waals surface area contributed by atoms with Crippen LogP contribution in [-0.2, 0) is 13.1 Å². The van der Waals surface area contributed by atoms with E-state index in [1.165, 1.54) is 0 Å². The van der Waals surface area contributed by atoms with Crippen molar-refractivity contribution >= 4 is 34.2 Å². The predicted octanol–water partition coefficient (Wildman–Crippen LogP) is 4.95. The van der Waals surface area contributed by atoms with Crippen LogP contribution < -0.4 is 10.1 Å². The van der Waals surface area contributed by atoms with Crippen LogP contribution in [0.4, 0.5) is 0 Å². The van der Waals surface area contributed by atoms with Gasteiger partial charge in [-0.05, 0) is 38.1 Å². The van der Waals surface area contributed by atoms with Crippen LogP contribution in [0.25, 0.3) is 11.0 Å². The van der Waals surface area contributed by atoms with Crippen molar-refractivity contribution in [2.24, 2.45) is 0 Å². The van der Waals surface area contributed by atoms with Gasteiger partial charge in [0.25, 0.3) is 0 Å². The van der Waals surface area contributed by atoms with Crippen LogP contribution in [0, 0.1) is 0 Å². The summed E-state index contributed by atoms with van der Waals surface area (Å²) in [6, 6.07) is 11.5. The first-order chi connectivity index (χ1) is 11.5. The molecule has 4 nitrogen and oxygen atoms in total. The zero-order valence-electron chi connectivity index (χ0n) is 13.6. The topological polar surface area (TPSA) is 49.9 Å². The third-order valence-electron chi connectivity index (χ3n) is 3.49. The molecule has 1 aromatic heterocycles. The van der Waals surface area contributed by atoms with E-state index in [-0.39, 0.29) is 6.10 Å². The zero-order chi connectivity index (χ0) is 17.1. The van der Waals surface area contributed by atoms with Gasteiger partial charge >= 0.3 is 0 Å². The molecule has 0 atom stereocenters. The summed E-state index contributed by atoms with van der Waals surface area (Å²) < 4.78 is 5.83. The summed E-state index contributed by atoms with van der Waals surface area (Å²) >= 11 is 12.4. The largest absolute Gasteiger partial charge is 0.489 e. The highest BCUT2D eigenvalue weighted by atomic mass is 35.5. The van der Waals surface area contributed by atoms with Crippen LogP contribution in [0.1, 0.15) is 25.2 Å². The van der Waals surface area contributed by atoms with Gasteiger partial charge in [-0.3, -0.25) is 0 Å². The lowest BCUT2D eigenvalue weighted by Crippen LogP contribution is -2.16. The van der Waals surface area contributed by atoms with Gasteiger partial charge in [0.1, 0.15) is 11.6 Å². The number of fused-ring (bicyclic) bond motifs is 1. The van der Waals surface area contributed by atoms with E-state index in [2.05, 4.69) is 15.3 Å². The number of imidazole rings is 1. The SMILES string of the molecule is CC(C)Oc1c(Cl)cc(Cl)cc1CNCc1nc2ccccc2[nH]1. The predicted molar refractivity (Wildman–Crippen MR) is 98.9 cm³/mol. The van der Waals surface area contributed by atoms with Crippen molar-refractivity contribution in [2.75, 3.05) is 0 Å². The molecule has 0 saturated heterocycles. The smallest absolute Gasteiger partial charge is 0.142 e. The molecule has 0 amide bonds. The molecule has 0 fully saturated rings. The summed E-state index contributed by atoms with van der Waals surface area (Å²) in [5.74, 6) is 1.56. The highest BCUT2D eigenvalue weighted by Crippen LogP contribution is 2.33. The molecule has 126 valence electrons. The molecule has 1 heterocycles. The van der Waals surface area contributed by atoms with Crippen molar-refractivity contribution in [3.63, 3.8) is 0 Å². The third-order valence-corrected chi connectivity index (χ3v) is 3.98. The summed E-state index contributed by atoms with van der Waals surface area (Å²) in [4.78, 5) is 7.84. The zero-order valence-corrected chi connectivity index (χ0v) is 15.1. The first-order valence-corrected chi connectivity index (χ1v) is 8.57. The van der Waals surface area contributed by atoms with Crippen molar-refractivity contribution in [3.8, 4) is 5.75 Å². The second-order valence-electron chi connectivity index (χ2n) is 5.85. The van der Waals surface area contributed by atoms with Gasteiger partial charge in [0, 0.05) is 17.1 Å². The molecule has 24 heavy (non-hydrogen) atoms. The summed E-state index contributed by atoms with van der Waals surface area (Å²) in [7, 11) is 0. The van der Waals surface area contributed by atoms with Crippen LogP contribution >= 0.6 is 23.2 Å². The van der Waals surface area contributed by atoms with Crippen molar-refractivity contribution in [1.29, 1.82) is 0 Å². The van der Waals surface area contributed by atoms with E-state index in [9.17, 15) is 0 Å². The van der Waals surface area contributed by atoms with E-state index in [0.717, 1.165) is 22.4 Å². The quantitative estimate of drug-likeness (QED) is 0.651. The molecule has 2 N–H and O–H groups in total. The van der Waals surface area contributed by atoms with Gasteiger partial charge in [-0.1, -0.05) is 35.3 Å². The fourth-order valence-electron chi connectivity index (χ4n) is 2.52. The van der Waals surface area contributed by atoms with Crippen molar-refractivity contribution in [3.05, 3.63) is 57.8 Å². The van der Waals surface area contributed by atoms with Crippen LogP contribution in [0.3, 0.4) is 0 Å². The van der Waals surface area contributed by atoms with E-state index in [1.807, 2.05) is 44.2 Å². The maximum atomic E-state index is 6.27. The van der Waals surface area contributed by atoms with Gasteiger partial charge in [-0.2, -0.15) is 0 Å². The molecule has 0 bridgehead atoms. The average molecular weight is 364 g/mol. The monoisotopic (exact) mass is 363 g/mol. The number of H-pyrrole nitrogens is 1. The maximum absolute atomic E-state index is 6.27. The Morgan fingerprint density at radius 2 is 1.96 bits per heavy atom.